The number of carbonyl (C=O) groups is 2. The molecule has 6 nitrogen and oxygen atoms in total. The normalized spacial score (nSPS) is 13.4. The molecule has 0 saturated carbocycles. The Morgan fingerprint density at radius 2 is 2.20 bits per heavy atom. The van der Waals surface area contributed by atoms with Crippen molar-refractivity contribution in [1.82, 2.24) is 4.98 Å². The molecule has 1 aromatic rings. The van der Waals surface area contributed by atoms with Gasteiger partial charge in [-0.25, -0.2) is 9.59 Å². The maximum atomic E-state index is 11.5. The molecule has 0 aliphatic rings. The number of carboxylic acid groups (broad SMARTS) is 1. The standard InChI is InChI=1S/C12H14BrIN2O4/c1-4-20-11(19)16-8-5-7(10(17)18)6(2)15-9(8)12(3,13)14/h5H,4H2,1-3H3,(H,16,19)(H,17,18). The molecule has 0 bridgehead atoms. The number of ether oxygens (including phenoxy) is 1. The first-order valence-electron chi connectivity index (χ1n) is 5.73. The van der Waals surface area contributed by atoms with Crippen molar-refractivity contribution in [2.24, 2.45) is 0 Å². The number of hydrogen-bond donors (Lipinski definition) is 2. The average molecular weight is 457 g/mol. The molecule has 0 fully saturated rings. The molecule has 0 radical (unpaired) electrons. The lowest BCUT2D eigenvalue weighted by Crippen LogP contribution is -2.19. The molecule has 1 aromatic heterocycles. The minimum absolute atomic E-state index is 0.0358. The van der Waals surface area contributed by atoms with Crippen LogP contribution in [0.15, 0.2) is 6.07 Å². The number of nitrogens with zero attached hydrogens (tertiary/aromatic N) is 1. The number of pyridine rings is 1. The summed E-state index contributed by atoms with van der Waals surface area (Å²) in [4.78, 5) is 27.0. The number of aryl methyl sites for hydroxylation is 1. The van der Waals surface area contributed by atoms with Gasteiger partial charge in [0.15, 0.2) is 0 Å². The molecule has 1 unspecified atom stereocenters. The number of aromatic nitrogens is 1. The van der Waals surface area contributed by atoms with Gasteiger partial charge in [0.05, 0.1) is 29.2 Å². The van der Waals surface area contributed by atoms with E-state index in [-0.39, 0.29) is 12.2 Å². The van der Waals surface area contributed by atoms with Gasteiger partial charge in [0, 0.05) is 0 Å². The SMILES string of the molecule is CCOC(=O)Nc1cc(C(=O)O)c(C)nc1C(C)(Br)I. The molecule has 20 heavy (non-hydrogen) atoms. The van der Waals surface area contributed by atoms with E-state index < -0.39 is 14.4 Å². The van der Waals surface area contributed by atoms with E-state index in [4.69, 9.17) is 9.84 Å². The van der Waals surface area contributed by atoms with Gasteiger partial charge in [0.2, 0.25) is 0 Å². The maximum Gasteiger partial charge on any atom is 0.411 e. The van der Waals surface area contributed by atoms with Gasteiger partial charge >= 0.3 is 12.1 Å². The van der Waals surface area contributed by atoms with Gasteiger partial charge in [0.25, 0.3) is 0 Å². The lowest BCUT2D eigenvalue weighted by molar-refractivity contribution is 0.0695. The van der Waals surface area contributed by atoms with E-state index in [0.717, 1.165) is 0 Å². The van der Waals surface area contributed by atoms with E-state index in [9.17, 15) is 9.59 Å². The van der Waals surface area contributed by atoms with E-state index in [2.05, 4.69) is 48.8 Å². The minimum Gasteiger partial charge on any atom is -0.478 e. The highest BCUT2D eigenvalue weighted by atomic mass is 127. The van der Waals surface area contributed by atoms with Crippen LogP contribution in [0.5, 0.6) is 0 Å². The highest BCUT2D eigenvalue weighted by molar-refractivity contribution is 14.1. The Kier molecular flexibility index (Phi) is 5.75. The number of nitrogens with one attached hydrogen (secondary N) is 1. The molecule has 0 spiro atoms. The fourth-order valence-corrected chi connectivity index (χ4v) is 2.24. The first kappa shape index (κ1) is 17.2. The van der Waals surface area contributed by atoms with Crippen molar-refractivity contribution in [3.05, 3.63) is 23.0 Å². The predicted molar refractivity (Wildman–Crippen MR) is 86.9 cm³/mol. The number of rotatable bonds is 4. The van der Waals surface area contributed by atoms with Crippen LogP contribution in [0.25, 0.3) is 0 Å². The second-order valence-corrected chi connectivity index (χ2v) is 9.28. The fourth-order valence-electron chi connectivity index (χ4n) is 1.53. The zero-order valence-electron chi connectivity index (χ0n) is 11.2. The van der Waals surface area contributed by atoms with Crippen LogP contribution in [0.4, 0.5) is 10.5 Å². The number of hydrogen-bond acceptors (Lipinski definition) is 4. The number of halogens is 2. The molecule has 0 saturated heterocycles. The Labute approximate surface area is 138 Å². The van der Waals surface area contributed by atoms with Crippen LogP contribution in [0.2, 0.25) is 0 Å². The second kappa shape index (κ2) is 6.70. The summed E-state index contributed by atoms with van der Waals surface area (Å²) in [6.07, 6.45) is -0.649. The van der Waals surface area contributed by atoms with Gasteiger partial charge in [-0.3, -0.25) is 10.3 Å². The van der Waals surface area contributed by atoms with Crippen LogP contribution in [0, 0.1) is 6.92 Å². The molecule has 1 atom stereocenters. The first-order chi connectivity index (χ1) is 9.16. The number of carbonyl (C=O) groups excluding carboxylic acids is 1. The van der Waals surface area contributed by atoms with Crippen LogP contribution in [-0.2, 0) is 7.07 Å². The third-order valence-corrected chi connectivity index (χ3v) is 3.26. The maximum absolute atomic E-state index is 11.5. The molecule has 1 heterocycles. The van der Waals surface area contributed by atoms with Gasteiger partial charge in [-0.15, -0.1) is 0 Å². The summed E-state index contributed by atoms with van der Waals surface area (Å²) in [5, 5.41) is 11.6. The third-order valence-electron chi connectivity index (χ3n) is 2.37. The van der Waals surface area contributed by atoms with Crippen molar-refractivity contribution in [2.45, 2.75) is 23.1 Å². The quantitative estimate of drug-likeness (QED) is 0.533. The number of anilines is 1. The van der Waals surface area contributed by atoms with Crippen molar-refractivity contribution in [3.63, 3.8) is 0 Å². The molecule has 0 aromatic carbocycles. The molecule has 110 valence electrons. The highest BCUT2D eigenvalue weighted by Crippen LogP contribution is 2.41. The van der Waals surface area contributed by atoms with Crippen LogP contribution in [-0.4, -0.2) is 28.8 Å². The monoisotopic (exact) mass is 456 g/mol. The van der Waals surface area contributed by atoms with Crippen molar-refractivity contribution >= 4 is 56.3 Å². The average Bonchev–Trinajstić information content (AvgIpc) is 2.29. The van der Waals surface area contributed by atoms with Crippen molar-refractivity contribution in [3.8, 4) is 0 Å². The van der Waals surface area contributed by atoms with Gasteiger partial charge in [-0.2, -0.15) is 0 Å². The van der Waals surface area contributed by atoms with Gasteiger partial charge in [-0.1, -0.05) is 38.5 Å². The summed E-state index contributed by atoms with van der Waals surface area (Å²) in [7, 11) is 0. The summed E-state index contributed by atoms with van der Waals surface area (Å²) in [5.74, 6) is -1.10. The fraction of sp³-hybridized carbons (Fsp3) is 0.417. The van der Waals surface area contributed by atoms with Crippen LogP contribution in [0.3, 0.4) is 0 Å². The molecule has 0 aliphatic heterocycles. The lowest BCUT2D eigenvalue weighted by Gasteiger charge is -2.20. The van der Waals surface area contributed by atoms with Gasteiger partial charge in [-0.05, 0) is 26.8 Å². The Balaban J connectivity index is 3.33. The van der Waals surface area contributed by atoms with E-state index >= 15 is 0 Å². The Morgan fingerprint density at radius 3 is 2.65 bits per heavy atom. The molecule has 1 rings (SSSR count). The minimum atomic E-state index is -1.10. The second-order valence-electron chi connectivity index (χ2n) is 4.06. The number of aromatic carboxylic acids is 1. The van der Waals surface area contributed by atoms with Crippen LogP contribution < -0.4 is 5.32 Å². The Bertz CT molecular complexity index is 543. The van der Waals surface area contributed by atoms with Crippen molar-refractivity contribution in [1.29, 1.82) is 0 Å². The van der Waals surface area contributed by atoms with E-state index in [1.165, 1.54) is 6.07 Å². The zero-order valence-corrected chi connectivity index (χ0v) is 14.9. The molecule has 8 heteroatoms. The van der Waals surface area contributed by atoms with E-state index in [1.807, 2.05) is 6.92 Å². The summed E-state index contributed by atoms with van der Waals surface area (Å²) in [6.45, 7) is 5.36. The molecule has 2 N–H and O–H groups in total. The molecular weight excluding hydrogens is 443 g/mol. The van der Waals surface area contributed by atoms with E-state index in [1.54, 1.807) is 13.8 Å². The van der Waals surface area contributed by atoms with Gasteiger partial charge < -0.3 is 9.84 Å². The number of carboxylic acids is 1. The summed E-state index contributed by atoms with van der Waals surface area (Å²) >= 11 is 5.54. The Hall–Kier alpha value is -0.900. The predicted octanol–water partition coefficient (Wildman–Crippen LogP) is 3.66. The largest absolute Gasteiger partial charge is 0.478 e. The number of alkyl halides is 2. The topological polar surface area (TPSA) is 88.5 Å². The molecule has 0 aliphatic carbocycles. The third kappa shape index (κ3) is 4.30. The zero-order chi connectivity index (χ0) is 15.5. The van der Waals surface area contributed by atoms with Crippen molar-refractivity contribution in [2.75, 3.05) is 11.9 Å². The van der Waals surface area contributed by atoms with Crippen LogP contribution in [0.1, 0.15) is 35.6 Å². The summed E-state index contributed by atoms with van der Waals surface area (Å²) in [6, 6.07) is 1.38. The van der Waals surface area contributed by atoms with E-state index in [0.29, 0.717) is 17.1 Å². The molecule has 1 amide bonds. The number of amides is 1. The van der Waals surface area contributed by atoms with Crippen molar-refractivity contribution < 1.29 is 19.4 Å². The first-order valence-corrected chi connectivity index (χ1v) is 7.61. The summed E-state index contributed by atoms with van der Waals surface area (Å²) in [5.41, 5.74) is 1.24. The Morgan fingerprint density at radius 1 is 1.60 bits per heavy atom. The van der Waals surface area contributed by atoms with Crippen LogP contribution >= 0.6 is 38.5 Å². The summed E-state index contributed by atoms with van der Waals surface area (Å²) < 4.78 is 4.25. The van der Waals surface area contributed by atoms with Gasteiger partial charge in [0.1, 0.15) is 2.33 Å². The lowest BCUT2D eigenvalue weighted by atomic mass is 10.1. The highest BCUT2D eigenvalue weighted by Gasteiger charge is 2.27. The molecular formula is C12H14BrIN2O4. The smallest absolute Gasteiger partial charge is 0.411 e.